The van der Waals surface area contributed by atoms with Gasteiger partial charge in [0.2, 0.25) is 5.11 Å². The Labute approximate surface area is 144 Å². The molecule has 0 spiro atoms. The second kappa shape index (κ2) is 8.77. The normalized spacial score (nSPS) is 10.6. The highest BCUT2D eigenvalue weighted by Gasteiger charge is 2.01. The lowest BCUT2D eigenvalue weighted by Crippen LogP contribution is -2.26. The number of hydrazine groups is 1. The molecular formula is C15H16N4S3. The molecule has 0 aliphatic carbocycles. The maximum Gasteiger partial charge on any atom is 0.232 e. The third kappa shape index (κ3) is 4.72. The molecule has 2 rings (SSSR count). The van der Waals surface area contributed by atoms with Gasteiger partial charge in [-0.05, 0) is 49.0 Å². The zero-order valence-corrected chi connectivity index (χ0v) is 14.7. The Hall–Kier alpha value is -1.57. The number of nitrogens with zero attached hydrogens (tertiary/aromatic N) is 2. The van der Waals surface area contributed by atoms with Crippen LogP contribution in [0.25, 0.3) is 0 Å². The van der Waals surface area contributed by atoms with Crippen LogP contribution in [-0.4, -0.2) is 17.6 Å². The molecule has 114 valence electrons. The van der Waals surface area contributed by atoms with Gasteiger partial charge in [-0.3, -0.25) is 10.9 Å². The fourth-order valence-electron chi connectivity index (χ4n) is 1.71. The van der Waals surface area contributed by atoms with Gasteiger partial charge < -0.3 is 0 Å². The summed E-state index contributed by atoms with van der Waals surface area (Å²) in [6.45, 7) is 0. The number of benzene rings is 2. The van der Waals surface area contributed by atoms with Crippen LogP contribution in [-0.2, 0) is 0 Å². The van der Waals surface area contributed by atoms with Crippen molar-refractivity contribution in [1.82, 2.24) is 5.43 Å². The first kappa shape index (κ1) is 16.8. The van der Waals surface area contributed by atoms with Gasteiger partial charge in [-0.1, -0.05) is 24.3 Å². The number of hydrogen-bond donors (Lipinski definition) is 2. The first-order valence-electron chi connectivity index (χ1n) is 6.48. The van der Waals surface area contributed by atoms with Gasteiger partial charge in [-0.15, -0.1) is 33.8 Å². The Bertz CT molecular complexity index is 673. The third-order valence-corrected chi connectivity index (χ3v) is 4.51. The van der Waals surface area contributed by atoms with Gasteiger partial charge in [0.1, 0.15) is 0 Å². The molecule has 0 amide bonds. The molecule has 0 atom stereocenters. The molecule has 2 N–H and O–H groups in total. The summed E-state index contributed by atoms with van der Waals surface area (Å²) < 4.78 is 0. The Morgan fingerprint density at radius 3 is 2.32 bits per heavy atom. The summed E-state index contributed by atoms with van der Waals surface area (Å²) in [6.07, 6.45) is 4.03. The number of anilines is 1. The Balaban J connectivity index is 1.97. The van der Waals surface area contributed by atoms with Crippen LogP contribution in [0.4, 0.5) is 11.4 Å². The van der Waals surface area contributed by atoms with E-state index in [2.05, 4.69) is 21.1 Å². The van der Waals surface area contributed by atoms with Crippen molar-refractivity contribution in [2.24, 2.45) is 10.2 Å². The van der Waals surface area contributed by atoms with Gasteiger partial charge in [0, 0.05) is 9.79 Å². The van der Waals surface area contributed by atoms with E-state index in [0.717, 1.165) is 21.2 Å². The minimum absolute atomic E-state index is 0.284. The highest BCUT2D eigenvalue weighted by molar-refractivity contribution is 7.99. The fourth-order valence-corrected chi connectivity index (χ4v) is 2.88. The molecule has 0 heterocycles. The van der Waals surface area contributed by atoms with Crippen molar-refractivity contribution in [3.8, 4) is 0 Å². The quantitative estimate of drug-likeness (QED) is 0.340. The number of thioether (sulfide) groups is 2. The smallest absolute Gasteiger partial charge is 0.232 e. The lowest BCUT2D eigenvalue weighted by molar-refractivity contribution is 1.08. The van der Waals surface area contributed by atoms with Gasteiger partial charge in [-0.25, -0.2) is 0 Å². The van der Waals surface area contributed by atoms with E-state index in [1.807, 2.05) is 61.0 Å². The van der Waals surface area contributed by atoms with Crippen molar-refractivity contribution in [3.63, 3.8) is 0 Å². The molecule has 0 aliphatic heterocycles. The van der Waals surface area contributed by atoms with E-state index in [1.165, 1.54) is 0 Å². The molecule has 2 aromatic carbocycles. The van der Waals surface area contributed by atoms with Crippen LogP contribution >= 0.6 is 35.7 Å². The highest BCUT2D eigenvalue weighted by Crippen LogP contribution is 2.27. The van der Waals surface area contributed by atoms with Crippen molar-refractivity contribution in [3.05, 3.63) is 48.5 Å². The zero-order chi connectivity index (χ0) is 15.8. The minimum Gasteiger partial charge on any atom is -0.298 e. The van der Waals surface area contributed by atoms with Crippen LogP contribution in [0.2, 0.25) is 0 Å². The molecule has 4 nitrogen and oxygen atoms in total. The van der Waals surface area contributed by atoms with Gasteiger partial charge in [0.15, 0.2) is 0 Å². The van der Waals surface area contributed by atoms with Gasteiger partial charge in [-0.2, -0.15) is 0 Å². The molecule has 0 unspecified atom stereocenters. The highest BCUT2D eigenvalue weighted by atomic mass is 32.2. The molecule has 0 aromatic heterocycles. The van der Waals surface area contributed by atoms with E-state index in [9.17, 15) is 0 Å². The summed E-state index contributed by atoms with van der Waals surface area (Å²) in [4.78, 5) is 2.19. The summed E-state index contributed by atoms with van der Waals surface area (Å²) >= 11 is 8.45. The van der Waals surface area contributed by atoms with Crippen LogP contribution in [0.15, 0.2) is 68.6 Å². The second-order valence-electron chi connectivity index (χ2n) is 4.13. The first-order valence-corrected chi connectivity index (χ1v) is 9.34. The molecule has 0 saturated carbocycles. The van der Waals surface area contributed by atoms with E-state index in [0.29, 0.717) is 0 Å². The van der Waals surface area contributed by atoms with Crippen molar-refractivity contribution in [1.29, 1.82) is 0 Å². The van der Waals surface area contributed by atoms with Crippen LogP contribution in [0.5, 0.6) is 0 Å². The van der Waals surface area contributed by atoms with Crippen LogP contribution in [0.3, 0.4) is 0 Å². The van der Waals surface area contributed by atoms with E-state index >= 15 is 0 Å². The molecule has 0 saturated heterocycles. The zero-order valence-electron chi connectivity index (χ0n) is 12.2. The molecule has 0 bridgehead atoms. The summed E-state index contributed by atoms with van der Waals surface area (Å²) in [7, 11) is 0. The van der Waals surface area contributed by atoms with E-state index < -0.39 is 0 Å². The first-order chi connectivity index (χ1) is 10.7. The lowest BCUT2D eigenvalue weighted by Gasteiger charge is -2.10. The summed E-state index contributed by atoms with van der Waals surface area (Å²) in [5.74, 6) is 0. The topological polar surface area (TPSA) is 48.8 Å². The Kier molecular flexibility index (Phi) is 6.70. The monoisotopic (exact) mass is 348 g/mol. The predicted molar refractivity (Wildman–Crippen MR) is 100 cm³/mol. The second-order valence-corrected chi connectivity index (χ2v) is 6.21. The number of para-hydroxylation sites is 1. The van der Waals surface area contributed by atoms with E-state index in [4.69, 9.17) is 12.2 Å². The largest absolute Gasteiger partial charge is 0.298 e. The van der Waals surface area contributed by atoms with Crippen molar-refractivity contribution >= 4 is 52.2 Å². The summed E-state index contributed by atoms with van der Waals surface area (Å²) in [5.41, 5.74) is 7.70. The maximum absolute atomic E-state index is 5.16. The van der Waals surface area contributed by atoms with Gasteiger partial charge >= 0.3 is 0 Å². The van der Waals surface area contributed by atoms with Gasteiger partial charge in [0.25, 0.3) is 0 Å². The number of rotatable bonds is 5. The van der Waals surface area contributed by atoms with Crippen LogP contribution < -0.4 is 10.9 Å². The number of hydrogen-bond acceptors (Lipinski definition) is 5. The maximum atomic E-state index is 5.16. The van der Waals surface area contributed by atoms with Crippen molar-refractivity contribution in [2.45, 2.75) is 9.79 Å². The Morgan fingerprint density at radius 1 is 0.955 bits per heavy atom. The molecule has 0 radical (unpaired) electrons. The van der Waals surface area contributed by atoms with E-state index in [1.54, 1.807) is 23.5 Å². The molecule has 0 fully saturated rings. The Morgan fingerprint density at radius 2 is 1.59 bits per heavy atom. The summed E-state index contributed by atoms with van der Waals surface area (Å²) in [6, 6.07) is 15.8. The average Bonchev–Trinajstić information content (AvgIpc) is 2.58. The minimum atomic E-state index is 0.284. The van der Waals surface area contributed by atoms with Crippen molar-refractivity contribution < 1.29 is 0 Å². The van der Waals surface area contributed by atoms with Gasteiger partial charge in [0.05, 0.1) is 11.4 Å². The lowest BCUT2D eigenvalue weighted by atomic mass is 10.3. The average molecular weight is 349 g/mol. The van der Waals surface area contributed by atoms with Crippen LogP contribution in [0, 0.1) is 0 Å². The van der Waals surface area contributed by atoms with Crippen molar-refractivity contribution in [2.75, 3.05) is 17.9 Å². The summed E-state index contributed by atoms with van der Waals surface area (Å²) in [5, 5.41) is 8.51. The number of thiocarbonyl (C=S) groups is 1. The van der Waals surface area contributed by atoms with Crippen LogP contribution in [0.1, 0.15) is 0 Å². The molecule has 7 heteroatoms. The molecular weight excluding hydrogens is 332 g/mol. The number of nitrogens with one attached hydrogen (secondary N) is 2. The molecule has 2 aromatic rings. The number of azo groups is 1. The standard InChI is InChI=1S/C15H16N4S3/c1-21-13-9-5-3-7-11(13)16-18-15(20)19-17-12-8-4-6-10-14(12)22-2/h3-10,16H,1-2H3,(H,18,20). The molecule has 22 heavy (non-hydrogen) atoms. The molecule has 0 aliphatic rings. The fraction of sp³-hybridized carbons (Fsp3) is 0.133. The SMILES string of the molecule is CSc1ccccc1N=NC(=S)NNc1ccccc1SC. The van der Waals surface area contributed by atoms with E-state index in [-0.39, 0.29) is 5.11 Å². The third-order valence-electron chi connectivity index (χ3n) is 2.74. The predicted octanol–water partition coefficient (Wildman–Crippen LogP) is 5.12.